The highest BCUT2D eigenvalue weighted by atomic mass is 15.0. The van der Waals surface area contributed by atoms with E-state index < -0.39 is 0 Å². The minimum atomic E-state index is 0.694. The molecular weight excluding hydrogens is 296 g/mol. The van der Waals surface area contributed by atoms with Gasteiger partial charge in [0.1, 0.15) is 19.7 Å². The third kappa shape index (κ3) is 2.33. The van der Waals surface area contributed by atoms with Crippen LogP contribution in [0.4, 0.5) is 0 Å². The van der Waals surface area contributed by atoms with Gasteiger partial charge in [0.15, 0.2) is 5.82 Å². The lowest BCUT2D eigenvalue weighted by molar-refractivity contribution is -0.633. The van der Waals surface area contributed by atoms with E-state index in [1.54, 1.807) is 0 Å². The van der Waals surface area contributed by atoms with Gasteiger partial charge in [-0.1, -0.05) is 30.3 Å². The molecular formula is C20H17N4+. The lowest BCUT2D eigenvalue weighted by Gasteiger charge is -2.08. The van der Waals surface area contributed by atoms with Crippen molar-refractivity contribution in [2.24, 2.45) is 7.05 Å². The van der Waals surface area contributed by atoms with Crippen LogP contribution in [0.25, 0.3) is 33.5 Å². The normalized spacial score (nSPS) is 10.9. The Bertz CT molecular complexity index is 1030. The SMILES string of the molecule is Cc1ccccc1-c1ccc2c(-c3ncncn3)cccc2[n+]1C. The summed E-state index contributed by atoms with van der Waals surface area (Å²) in [6.07, 6.45) is 3.06. The van der Waals surface area contributed by atoms with Crippen molar-refractivity contribution in [1.82, 2.24) is 15.0 Å². The van der Waals surface area contributed by atoms with Crippen molar-refractivity contribution < 1.29 is 4.57 Å². The summed E-state index contributed by atoms with van der Waals surface area (Å²) in [5.74, 6) is 0.694. The Morgan fingerprint density at radius 3 is 2.33 bits per heavy atom. The number of fused-ring (bicyclic) bond motifs is 1. The van der Waals surface area contributed by atoms with Crippen LogP contribution in [0.3, 0.4) is 0 Å². The van der Waals surface area contributed by atoms with Crippen molar-refractivity contribution in [1.29, 1.82) is 0 Å². The lowest BCUT2D eigenvalue weighted by Crippen LogP contribution is -2.32. The molecule has 0 unspecified atom stereocenters. The molecule has 0 saturated carbocycles. The van der Waals surface area contributed by atoms with Crippen LogP contribution >= 0.6 is 0 Å². The van der Waals surface area contributed by atoms with E-state index in [9.17, 15) is 0 Å². The maximum absolute atomic E-state index is 4.29. The van der Waals surface area contributed by atoms with Crippen LogP contribution < -0.4 is 4.57 Å². The number of pyridine rings is 1. The molecule has 4 aromatic rings. The summed E-state index contributed by atoms with van der Waals surface area (Å²) in [6.45, 7) is 2.14. The fraction of sp³-hybridized carbons (Fsp3) is 0.100. The van der Waals surface area contributed by atoms with Gasteiger partial charge in [-0.3, -0.25) is 0 Å². The van der Waals surface area contributed by atoms with Crippen LogP contribution in [0.2, 0.25) is 0 Å². The van der Waals surface area contributed by atoms with Gasteiger partial charge in [0.05, 0.1) is 5.39 Å². The Hall–Kier alpha value is -3.14. The second-order valence-electron chi connectivity index (χ2n) is 5.79. The van der Waals surface area contributed by atoms with E-state index in [1.807, 2.05) is 12.1 Å². The first kappa shape index (κ1) is 14.5. The Morgan fingerprint density at radius 1 is 0.792 bits per heavy atom. The molecule has 0 aliphatic heterocycles. The third-order valence-electron chi connectivity index (χ3n) is 4.37. The molecule has 4 heteroatoms. The highest BCUT2D eigenvalue weighted by Gasteiger charge is 2.18. The molecule has 4 nitrogen and oxygen atoms in total. The van der Waals surface area contributed by atoms with Gasteiger partial charge < -0.3 is 0 Å². The average molecular weight is 313 g/mol. The van der Waals surface area contributed by atoms with E-state index in [-0.39, 0.29) is 0 Å². The monoisotopic (exact) mass is 313 g/mol. The first-order chi connectivity index (χ1) is 11.8. The fourth-order valence-corrected chi connectivity index (χ4v) is 3.13. The Morgan fingerprint density at radius 2 is 1.54 bits per heavy atom. The van der Waals surface area contributed by atoms with Gasteiger partial charge >= 0.3 is 0 Å². The smallest absolute Gasteiger partial charge is 0.213 e. The maximum atomic E-state index is 4.29. The fourth-order valence-electron chi connectivity index (χ4n) is 3.13. The number of aromatic nitrogens is 4. The Labute approximate surface area is 140 Å². The highest BCUT2D eigenvalue weighted by molar-refractivity contribution is 5.91. The quantitative estimate of drug-likeness (QED) is 0.532. The van der Waals surface area contributed by atoms with Crippen LogP contribution in [0.15, 0.2) is 67.3 Å². The molecule has 0 radical (unpaired) electrons. The summed E-state index contributed by atoms with van der Waals surface area (Å²) in [7, 11) is 2.10. The van der Waals surface area contributed by atoms with Crippen LogP contribution in [-0.2, 0) is 7.05 Å². The zero-order valence-electron chi connectivity index (χ0n) is 13.6. The zero-order valence-corrected chi connectivity index (χ0v) is 13.6. The van der Waals surface area contributed by atoms with Crippen LogP contribution in [0.5, 0.6) is 0 Å². The number of benzene rings is 2. The minimum Gasteiger partial charge on any atom is -0.225 e. The number of nitrogens with zero attached hydrogens (tertiary/aromatic N) is 4. The molecule has 2 aromatic carbocycles. The van der Waals surface area contributed by atoms with Crippen molar-refractivity contribution >= 4 is 10.9 Å². The van der Waals surface area contributed by atoms with E-state index in [0.717, 1.165) is 16.5 Å². The van der Waals surface area contributed by atoms with Gasteiger partial charge in [-0.15, -0.1) is 0 Å². The first-order valence-electron chi connectivity index (χ1n) is 7.86. The molecule has 0 aliphatic rings. The van der Waals surface area contributed by atoms with E-state index >= 15 is 0 Å². The molecule has 0 fully saturated rings. The molecule has 2 heterocycles. The summed E-state index contributed by atoms with van der Waals surface area (Å²) in [4.78, 5) is 12.5. The predicted octanol–water partition coefficient (Wildman–Crippen LogP) is 3.49. The maximum Gasteiger partial charge on any atom is 0.213 e. The van der Waals surface area contributed by atoms with Crippen LogP contribution in [0, 0.1) is 6.92 Å². The van der Waals surface area contributed by atoms with Crippen LogP contribution in [0.1, 0.15) is 5.56 Å². The lowest BCUT2D eigenvalue weighted by atomic mass is 10.0. The molecule has 4 rings (SSSR count). The average Bonchev–Trinajstić information content (AvgIpc) is 2.63. The molecule has 0 saturated heterocycles. The second kappa shape index (κ2) is 5.81. The molecule has 0 amide bonds. The van der Waals surface area contributed by atoms with E-state index in [0.29, 0.717) is 5.82 Å². The summed E-state index contributed by atoms with van der Waals surface area (Å²) in [6, 6.07) is 19.0. The predicted molar refractivity (Wildman–Crippen MR) is 94.1 cm³/mol. The molecule has 116 valence electrons. The number of hydrogen-bond donors (Lipinski definition) is 0. The molecule has 0 atom stereocenters. The van der Waals surface area contributed by atoms with Crippen molar-refractivity contribution in [3.8, 4) is 22.6 Å². The van der Waals surface area contributed by atoms with Crippen LogP contribution in [-0.4, -0.2) is 15.0 Å². The van der Waals surface area contributed by atoms with Gasteiger partial charge in [-0.25, -0.2) is 15.0 Å². The standard InChI is InChI=1S/C20H17N4/c1-14-6-3-4-7-15(14)19-11-10-16-17(20-22-12-21-13-23-20)8-5-9-18(16)24(19)2/h3-13H,1-2H3/q+1. The summed E-state index contributed by atoms with van der Waals surface area (Å²) >= 11 is 0. The number of hydrogen-bond acceptors (Lipinski definition) is 3. The van der Waals surface area contributed by atoms with Crippen molar-refractivity contribution in [3.63, 3.8) is 0 Å². The molecule has 0 bridgehead atoms. The van der Waals surface area contributed by atoms with Crippen molar-refractivity contribution in [2.45, 2.75) is 6.92 Å². The number of aryl methyl sites for hydroxylation is 2. The molecule has 0 spiro atoms. The van der Waals surface area contributed by atoms with Gasteiger partial charge in [-0.2, -0.15) is 4.57 Å². The largest absolute Gasteiger partial charge is 0.225 e. The molecule has 0 N–H and O–H groups in total. The first-order valence-corrected chi connectivity index (χ1v) is 7.86. The molecule has 24 heavy (non-hydrogen) atoms. The summed E-state index contributed by atoms with van der Waals surface area (Å²) < 4.78 is 2.22. The zero-order chi connectivity index (χ0) is 16.5. The number of rotatable bonds is 2. The highest BCUT2D eigenvalue weighted by Crippen LogP contribution is 2.27. The van der Waals surface area contributed by atoms with Gasteiger partial charge in [0, 0.05) is 23.3 Å². The third-order valence-corrected chi connectivity index (χ3v) is 4.37. The van der Waals surface area contributed by atoms with Gasteiger partial charge in [0.2, 0.25) is 11.2 Å². The Balaban J connectivity index is 1.97. The minimum absolute atomic E-state index is 0.694. The van der Waals surface area contributed by atoms with E-state index in [1.165, 1.54) is 29.5 Å². The topological polar surface area (TPSA) is 42.6 Å². The second-order valence-corrected chi connectivity index (χ2v) is 5.79. The van der Waals surface area contributed by atoms with Gasteiger partial charge in [0.25, 0.3) is 0 Å². The molecule has 0 aliphatic carbocycles. The van der Waals surface area contributed by atoms with Crippen molar-refractivity contribution in [3.05, 3.63) is 72.8 Å². The summed E-state index contributed by atoms with van der Waals surface area (Å²) in [5, 5.41) is 1.13. The van der Waals surface area contributed by atoms with Crippen molar-refractivity contribution in [2.75, 3.05) is 0 Å². The van der Waals surface area contributed by atoms with Gasteiger partial charge in [-0.05, 0) is 24.6 Å². The molecule has 2 aromatic heterocycles. The van der Waals surface area contributed by atoms with E-state index in [4.69, 9.17) is 0 Å². The summed E-state index contributed by atoms with van der Waals surface area (Å²) in [5.41, 5.74) is 5.86. The van der Waals surface area contributed by atoms with E-state index in [2.05, 4.69) is 76.0 Å². The Kier molecular flexibility index (Phi) is 3.50.